The summed E-state index contributed by atoms with van der Waals surface area (Å²) in [5, 5.41) is 4.06. The number of hydrogen-bond donors (Lipinski definition) is 0. The molecule has 0 spiro atoms. The number of aromatic nitrogens is 3. The van der Waals surface area contributed by atoms with Crippen molar-refractivity contribution in [3.05, 3.63) is 152 Å². The van der Waals surface area contributed by atoms with Crippen LogP contribution in [0.5, 0.6) is 0 Å². The zero-order chi connectivity index (χ0) is 35.3. The number of furan rings is 2. The first-order valence-electron chi connectivity index (χ1n) is 17.2. The van der Waals surface area contributed by atoms with Crippen LogP contribution in [-0.2, 0) is 9.84 Å². The van der Waals surface area contributed by atoms with Gasteiger partial charge in [-0.3, -0.25) is 0 Å². The minimum atomic E-state index is -3.69. The molecule has 0 saturated heterocycles. The van der Waals surface area contributed by atoms with Gasteiger partial charge in [0.2, 0.25) is 9.84 Å². The van der Waals surface area contributed by atoms with E-state index in [1.54, 1.807) is 18.2 Å². The molecule has 10 aromatic rings. The molecule has 0 bridgehead atoms. The van der Waals surface area contributed by atoms with Crippen molar-refractivity contribution in [3.63, 3.8) is 0 Å². The SMILES string of the molecule is O=S1(=O)c2ccccc2-c2ccc(-c3nc(-c4ccccc4)nc(-c4ccc5oc6ccc(-c7ccc8oc9ccccc9c8c7)cc6c5c4)n3)cc21. The first-order valence-corrected chi connectivity index (χ1v) is 18.7. The zero-order valence-electron chi connectivity index (χ0n) is 27.8. The molecule has 0 atom stereocenters. The molecule has 8 heteroatoms. The van der Waals surface area contributed by atoms with Gasteiger partial charge in [0, 0.05) is 49.4 Å². The van der Waals surface area contributed by atoms with Gasteiger partial charge in [-0.25, -0.2) is 23.4 Å². The first kappa shape index (κ1) is 29.8. The molecule has 250 valence electrons. The summed E-state index contributed by atoms with van der Waals surface area (Å²) < 4.78 is 39.5. The van der Waals surface area contributed by atoms with Crippen LogP contribution in [0.15, 0.2) is 170 Å². The fourth-order valence-corrected chi connectivity index (χ4v) is 9.21. The number of fused-ring (bicyclic) bond motifs is 9. The van der Waals surface area contributed by atoms with Gasteiger partial charge in [-0.15, -0.1) is 0 Å². The average molecular weight is 704 g/mol. The fraction of sp³-hybridized carbons (Fsp3) is 0. The van der Waals surface area contributed by atoms with Crippen molar-refractivity contribution < 1.29 is 17.3 Å². The quantitative estimate of drug-likeness (QED) is 0.180. The number of sulfone groups is 1. The highest BCUT2D eigenvalue weighted by molar-refractivity contribution is 7.92. The second-order valence-electron chi connectivity index (χ2n) is 13.2. The number of rotatable bonds is 4. The summed E-state index contributed by atoms with van der Waals surface area (Å²) in [6, 6.07) is 48.8. The highest BCUT2D eigenvalue weighted by Gasteiger charge is 2.33. The summed E-state index contributed by atoms with van der Waals surface area (Å²) in [5.41, 5.74) is 8.94. The molecular formula is C45H25N3O4S. The van der Waals surface area contributed by atoms with Gasteiger partial charge >= 0.3 is 0 Å². The van der Waals surface area contributed by atoms with Crippen molar-refractivity contribution in [2.24, 2.45) is 0 Å². The molecule has 0 fully saturated rings. The third-order valence-electron chi connectivity index (χ3n) is 10.1. The molecule has 1 aliphatic heterocycles. The van der Waals surface area contributed by atoms with Gasteiger partial charge in [0.15, 0.2) is 17.5 Å². The maximum atomic E-state index is 13.6. The van der Waals surface area contributed by atoms with Crippen molar-refractivity contribution in [2.75, 3.05) is 0 Å². The first-order chi connectivity index (χ1) is 26.0. The Bertz CT molecular complexity index is 3260. The molecule has 7 aromatic carbocycles. The molecular weight excluding hydrogens is 679 g/mol. The summed E-state index contributed by atoms with van der Waals surface area (Å²) in [5.74, 6) is 1.33. The lowest BCUT2D eigenvalue weighted by atomic mass is 10.00. The zero-order valence-corrected chi connectivity index (χ0v) is 28.6. The molecule has 1 aliphatic rings. The van der Waals surface area contributed by atoms with Crippen LogP contribution in [0.1, 0.15) is 0 Å². The highest BCUT2D eigenvalue weighted by atomic mass is 32.2. The Morgan fingerprint density at radius 1 is 0.358 bits per heavy atom. The fourth-order valence-electron chi connectivity index (χ4n) is 7.50. The van der Waals surface area contributed by atoms with E-state index in [2.05, 4.69) is 36.4 Å². The lowest BCUT2D eigenvalue weighted by molar-refractivity contribution is 0.598. The Balaban J connectivity index is 1.05. The van der Waals surface area contributed by atoms with E-state index in [1.807, 2.05) is 97.1 Å². The Morgan fingerprint density at radius 3 is 1.53 bits per heavy atom. The van der Waals surface area contributed by atoms with Crippen LogP contribution in [0.3, 0.4) is 0 Å². The summed E-state index contributed by atoms with van der Waals surface area (Å²) >= 11 is 0. The van der Waals surface area contributed by atoms with E-state index in [4.69, 9.17) is 23.8 Å². The normalized spacial score (nSPS) is 13.2. The Labute approximate surface area is 302 Å². The lowest BCUT2D eigenvalue weighted by Gasteiger charge is -2.09. The van der Waals surface area contributed by atoms with E-state index >= 15 is 0 Å². The van der Waals surface area contributed by atoms with Gasteiger partial charge in [0.1, 0.15) is 22.3 Å². The van der Waals surface area contributed by atoms with Gasteiger partial charge in [-0.2, -0.15) is 0 Å². The van der Waals surface area contributed by atoms with E-state index in [0.717, 1.165) is 66.1 Å². The largest absolute Gasteiger partial charge is 0.456 e. The maximum absolute atomic E-state index is 13.6. The summed E-state index contributed by atoms with van der Waals surface area (Å²) in [7, 11) is -3.69. The molecule has 53 heavy (non-hydrogen) atoms. The van der Waals surface area contributed by atoms with E-state index in [-0.39, 0.29) is 4.90 Å². The number of hydrogen-bond acceptors (Lipinski definition) is 7. The Hall–Kier alpha value is -6.90. The van der Waals surface area contributed by atoms with Crippen LogP contribution in [0, 0.1) is 0 Å². The van der Waals surface area contributed by atoms with Gasteiger partial charge < -0.3 is 8.83 Å². The number of benzene rings is 7. The molecule has 0 amide bonds. The van der Waals surface area contributed by atoms with Crippen LogP contribution >= 0.6 is 0 Å². The van der Waals surface area contributed by atoms with Gasteiger partial charge in [0.05, 0.1) is 9.79 Å². The van der Waals surface area contributed by atoms with Crippen LogP contribution < -0.4 is 0 Å². The predicted octanol–water partition coefficient (Wildman–Crippen LogP) is 11.2. The Morgan fingerprint density at radius 2 is 0.830 bits per heavy atom. The smallest absolute Gasteiger partial charge is 0.207 e. The molecule has 3 aromatic heterocycles. The Kier molecular flexibility index (Phi) is 6.21. The van der Waals surface area contributed by atoms with Crippen LogP contribution in [0.2, 0.25) is 0 Å². The molecule has 0 saturated carbocycles. The topological polar surface area (TPSA) is 99.1 Å². The minimum Gasteiger partial charge on any atom is -0.456 e. The number of nitrogens with zero attached hydrogens (tertiary/aromatic N) is 3. The van der Waals surface area contributed by atoms with Crippen molar-refractivity contribution in [1.82, 2.24) is 15.0 Å². The minimum absolute atomic E-state index is 0.252. The van der Waals surface area contributed by atoms with E-state index in [9.17, 15) is 8.42 Å². The highest BCUT2D eigenvalue weighted by Crippen LogP contribution is 2.44. The summed E-state index contributed by atoms with van der Waals surface area (Å²) in [6.07, 6.45) is 0. The molecule has 4 heterocycles. The monoisotopic (exact) mass is 703 g/mol. The van der Waals surface area contributed by atoms with Crippen molar-refractivity contribution >= 4 is 53.7 Å². The summed E-state index contributed by atoms with van der Waals surface area (Å²) in [6.45, 7) is 0. The van der Waals surface area contributed by atoms with Crippen LogP contribution in [0.25, 0.3) is 100 Å². The van der Waals surface area contributed by atoms with E-state index in [1.165, 1.54) is 0 Å². The molecule has 0 radical (unpaired) electrons. The molecule has 0 unspecified atom stereocenters. The average Bonchev–Trinajstić information content (AvgIpc) is 3.84. The van der Waals surface area contributed by atoms with E-state index < -0.39 is 9.84 Å². The van der Waals surface area contributed by atoms with Crippen molar-refractivity contribution in [3.8, 4) is 56.4 Å². The maximum Gasteiger partial charge on any atom is 0.207 e. The molecule has 0 aliphatic carbocycles. The lowest BCUT2D eigenvalue weighted by Crippen LogP contribution is -2.01. The van der Waals surface area contributed by atoms with Crippen molar-refractivity contribution in [1.29, 1.82) is 0 Å². The summed E-state index contributed by atoms with van der Waals surface area (Å²) in [4.78, 5) is 15.3. The molecule has 7 nitrogen and oxygen atoms in total. The van der Waals surface area contributed by atoms with Gasteiger partial charge in [0.25, 0.3) is 0 Å². The third kappa shape index (κ3) is 4.59. The van der Waals surface area contributed by atoms with E-state index in [0.29, 0.717) is 39.1 Å². The van der Waals surface area contributed by atoms with Crippen LogP contribution in [0.4, 0.5) is 0 Å². The van der Waals surface area contributed by atoms with Gasteiger partial charge in [-0.1, -0.05) is 91.0 Å². The number of para-hydroxylation sites is 1. The van der Waals surface area contributed by atoms with Gasteiger partial charge in [-0.05, 0) is 71.8 Å². The molecule has 11 rings (SSSR count). The predicted molar refractivity (Wildman–Crippen MR) is 207 cm³/mol. The third-order valence-corrected chi connectivity index (χ3v) is 12.0. The second kappa shape index (κ2) is 11.0. The van der Waals surface area contributed by atoms with Crippen LogP contribution in [-0.4, -0.2) is 23.4 Å². The van der Waals surface area contributed by atoms with Crippen molar-refractivity contribution in [2.45, 2.75) is 9.79 Å². The standard InChI is InChI=1S/C45H25N3O4S/c49-53(50)41-13-7-5-11-32(41)33-18-14-30(25-42(33)53)45-47-43(26-8-2-1-3-9-26)46-44(48-45)29-17-21-40-36(24-29)35-23-28(16-20-39(35)52-40)27-15-19-38-34(22-27)31-10-4-6-12-37(31)51-38/h1-25H. The second-order valence-corrected chi connectivity index (χ2v) is 15.1. The molecule has 0 N–H and O–H groups in total.